The number of β-lactam (4-membered cyclic amide) rings is 1. The van der Waals surface area contributed by atoms with E-state index in [9.17, 15) is 19.8 Å². The summed E-state index contributed by atoms with van der Waals surface area (Å²) in [6.45, 7) is 1.59. The van der Waals surface area contributed by atoms with E-state index in [2.05, 4.69) is 0 Å². The van der Waals surface area contributed by atoms with Crippen molar-refractivity contribution in [1.82, 2.24) is 4.90 Å². The molecule has 3 aliphatic rings. The van der Waals surface area contributed by atoms with Crippen LogP contribution in [-0.2, 0) is 16.0 Å². The first-order chi connectivity index (χ1) is 10.5. The van der Waals surface area contributed by atoms with Crippen LogP contribution in [0.2, 0.25) is 0 Å². The first-order valence-electron chi connectivity index (χ1n) is 7.57. The number of carbonyl (C=O) groups excluding carboxylic acids is 2. The van der Waals surface area contributed by atoms with Gasteiger partial charge in [-0.25, -0.2) is 0 Å². The number of nitrogens with zero attached hydrogens (tertiary/aromatic N) is 1. The van der Waals surface area contributed by atoms with Crippen LogP contribution in [0.15, 0.2) is 30.0 Å². The topological polar surface area (TPSA) is 80.7 Å². The van der Waals surface area contributed by atoms with Gasteiger partial charge in [0.25, 0.3) is 0 Å². The van der Waals surface area contributed by atoms with E-state index in [1.165, 1.54) is 4.90 Å². The van der Waals surface area contributed by atoms with Gasteiger partial charge in [0.15, 0.2) is 0 Å². The third-order valence-electron chi connectivity index (χ3n) is 5.21. The Labute approximate surface area is 156 Å². The molecule has 1 aromatic rings. The molecule has 1 aliphatic carbocycles. The van der Waals surface area contributed by atoms with Gasteiger partial charge >= 0.3 is 29.6 Å². The summed E-state index contributed by atoms with van der Waals surface area (Å²) in [5, 5.41) is 21.5. The van der Waals surface area contributed by atoms with Gasteiger partial charge in [0.2, 0.25) is 5.91 Å². The van der Waals surface area contributed by atoms with E-state index in [0.29, 0.717) is 5.57 Å². The number of amides is 1. The number of aliphatic hydroxyl groups is 1. The van der Waals surface area contributed by atoms with Crippen molar-refractivity contribution in [2.24, 2.45) is 11.8 Å². The smallest absolute Gasteiger partial charge is 0.543 e. The van der Waals surface area contributed by atoms with Gasteiger partial charge in [-0.05, 0) is 36.5 Å². The number of fused-ring (bicyclic) bond motifs is 5. The molecule has 1 saturated heterocycles. The molecule has 0 saturated carbocycles. The number of benzene rings is 1. The number of hydrogen-bond acceptors (Lipinski definition) is 4. The third-order valence-corrected chi connectivity index (χ3v) is 5.21. The van der Waals surface area contributed by atoms with Gasteiger partial charge in [-0.3, -0.25) is 4.79 Å². The summed E-state index contributed by atoms with van der Waals surface area (Å²) in [5.41, 5.74) is 2.73. The minimum absolute atomic E-state index is 0. The molecule has 1 aromatic carbocycles. The van der Waals surface area contributed by atoms with E-state index in [0.717, 1.165) is 24.0 Å². The van der Waals surface area contributed by atoms with Gasteiger partial charge in [-0.15, -0.1) is 0 Å². The predicted molar refractivity (Wildman–Crippen MR) is 76.0 cm³/mol. The zero-order valence-corrected chi connectivity index (χ0v) is 15.2. The van der Waals surface area contributed by atoms with E-state index in [1.54, 1.807) is 6.92 Å². The second kappa shape index (κ2) is 5.74. The summed E-state index contributed by atoms with van der Waals surface area (Å²) in [7, 11) is 0. The number of carbonyl (C=O) groups is 2. The molecule has 0 unspecified atom stereocenters. The first kappa shape index (κ1) is 16.7. The number of aliphatic carboxylic acids is 1. The molecule has 0 spiro atoms. The molecule has 1 fully saturated rings. The fourth-order valence-electron chi connectivity index (χ4n) is 4.35. The Morgan fingerprint density at radius 2 is 2.09 bits per heavy atom. The zero-order chi connectivity index (χ0) is 15.6. The summed E-state index contributed by atoms with van der Waals surface area (Å²) in [5.74, 6) is -2.16. The van der Waals surface area contributed by atoms with Crippen LogP contribution in [0.3, 0.4) is 0 Å². The summed E-state index contributed by atoms with van der Waals surface area (Å²) in [6.07, 6.45) is 0.879. The molecular formula is C17H16NNaO4. The minimum Gasteiger partial charge on any atom is -0.543 e. The predicted octanol–water partition coefficient (Wildman–Crippen LogP) is -3.06. The van der Waals surface area contributed by atoms with Gasteiger partial charge in [-0.1, -0.05) is 24.3 Å². The fourth-order valence-corrected chi connectivity index (χ4v) is 4.35. The van der Waals surface area contributed by atoms with Crippen LogP contribution in [0.25, 0.3) is 5.57 Å². The Bertz CT molecular complexity index is 727. The van der Waals surface area contributed by atoms with Crippen molar-refractivity contribution in [3.05, 3.63) is 41.1 Å². The van der Waals surface area contributed by atoms with E-state index in [1.807, 2.05) is 24.3 Å². The first-order valence-corrected chi connectivity index (χ1v) is 7.57. The SMILES string of the molecule is C[C@@H](O)[C@H]1C(=O)N2C(C(=O)[O-])=C3c4ccccc4CC[C@@H]3[C@H]12.[Na+]. The Morgan fingerprint density at radius 3 is 2.74 bits per heavy atom. The van der Waals surface area contributed by atoms with Crippen molar-refractivity contribution < 1.29 is 49.4 Å². The van der Waals surface area contributed by atoms with E-state index in [-0.39, 0.29) is 53.1 Å². The molecule has 0 bridgehead atoms. The summed E-state index contributed by atoms with van der Waals surface area (Å²) >= 11 is 0. The zero-order valence-electron chi connectivity index (χ0n) is 13.2. The molecule has 4 rings (SSSR count). The van der Waals surface area contributed by atoms with Crippen LogP contribution in [0, 0.1) is 11.8 Å². The Balaban J connectivity index is 0.00000156. The summed E-state index contributed by atoms with van der Waals surface area (Å²) in [6, 6.07) is 7.47. The molecule has 2 aliphatic heterocycles. The average molecular weight is 321 g/mol. The van der Waals surface area contributed by atoms with Crippen LogP contribution in [0.4, 0.5) is 0 Å². The van der Waals surface area contributed by atoms with Crippen molar-refractivity contribution >= 4 is 17.4 Å². The maximum absolute atomic E-state index is 12.3. The van der Waals surface area contributed by atoms with Gasteiger partial charge in [0.05, 0.1) is 29.7 Å². The molecular weight excluding hydrogens is 305 g/mol. The van der Waals surface area contributed by atoms with Crippen LogP contribution < -0.4 is 34.7 Å². The minimum atomic E-state index is -1.31. The van der Waals surface area contributed by atoms with Gasteiger partial charge in [0.1, 0.15) is 0 Å². The van der Waals surface area contributed by atoms with Crippen molar-refractivity contribution in [3.8, 4) is 0 Å². The molecule has 23 heavy (non-hydrogen) atoms. The maximum Gasteiger partial charge on any atom is 1.00 e. The number of rotatable bonds is 2. The number of hydrogen-bond donors (Lipinski definition) is 1. The summed E-state index contributed by atoms with van der Waals surface area (Å²) in [4.78, 5) is 25.3. The van der Waals surface area contributed by atoms with E-state index in [4.69, 9.17) is 0 Å². The standard InChI is InChI=1S/C17H17NO4.Na/c1-8(19)12-14-11-7-6-9-4-2-3-5-10(9)13(11)15(17(21)22)18(14)16(12)20;/h2-5,8,11-12,14,19H,6-7H2,1H3,(H,21,22);/q;+1/p-1/t8-,11+,12-,14-;/m1./s1. The number of carboxylic acids is 1. The molecule has 1 amide bonds. The van der Waals surface area contributed by atoms with Crippen molar-refractivity contribution in [1.29, 1.82) is 0 Å². The fraction of sp³-hybridized carbons (Fsp3) is 0.412. The van der Waals surface area contributed by atoms with Crippen molar-refractivity contribution in [2.45, 2.75) is 31.9 Å². The molecule has 0 radical (unpaired) electrons. The number of carboxylic acid groups (broad SMARTS) is 1. The summed E-state index contributed by atoms with van der Waals surface area (Å²) < 4.78 is 0. The van der Waals surface area contributed by atoms with E-state index >= 15 is 0 Å². The number of aryl methyl sites for hydroxylation is 1. The van der Waals surface area contributed by atoms with Gasteiger partial charge in [0, 0.05) is 5.92 Å². The molecule has 114 valence electrons. The second-order valence-corrected chi connectivity index (χ2v) is 6.32. The molecule has 1 N–H and O–H groups in total. The quantitative estimate of drug-likeness (QED) is 0.463. The monoisotopic (exact) mass is 321 g/mol. The van der Waals surface area contributed by atoms with Crippen LogP contribution in [-0.4, -0.2) is 34.0 Å². The molecule has 6 heteroatoms. The largest absolute Gasteiger partial charge is 1.00 e. The molecule has 4 atom stereocenters. The number of aliphatic hydroxyl groups excluding tert-OH is 1. The second-order valence-electron chi connectivity index (χ2n) is 6.32. The Morgan fingerprint density at radius 1 is 1.39 bits per heavy atom. The molecule has 0 aromatic heterocycles. The Hall–Kier alpha value is -1.14. The van der Waals surface area contributed by atoms with Crippen LogP contribution >= 0.6 is 0 Å². The van der Waals surface area contributed by atoms with Crippen molar-refractivity contribution in [3.63, 3.8) is 0 Å². The van der Waals surface area contributed by atoms with Crippen LogP contribution in [0.5, 0.6) is 0 Å². The van der Waals surface area contributed by atoms with Gasteiger partial charge in [-0.2, -0.15) is 0 Å². The normalized spacial score (nSPS) is 29.0. The van der Waals surface area contributed by atoms with Gasteiger partial charge < -0.3 is 19.9 Å². The van der Waals surface area contributed by atoms with Crippen molar-refractivity contribution in [2.75, 3.05) is 0 Å². The molecule has 5 nitrogen and oxygen atoms in total. The average Bonchev–Trinajstić information content (AvgIpc) is 2.78. The molecule has 2 heterocycles. The third kappa shape index (κ3) is 2.14. The van der Waals surface area contributed by atoms with Crippen LogP contribution in [0.1, 0.15) is 24.5 Å². The maximum atomic E-state index is 12.3. The van der Waals surface area contributed by atoms with E-state index < -0.39 is 18.0 Å². The Kier molecular flexibility index (Phi) is 4.17.